The number of guanidine groups is 1. The largest absolute Gasteiger partial charge is 0.494 e. The zero-order chi connectivity index (χ0) is 21.0. The number of aromatic nitrogens is 2. The molecular formula is C22H34IN7O. The van der Waals surface area contributed by atoms with Crippen molar-refractivity contribution in [1.82, 2.24) is 25.5 Å². The zero-order valence-corrected chi connectivity index (χ0v) is 20.8. The van der Waals surface area contributed by atoms with E-state index < -0.39 is 0 Å². The van der Waals surface area contributed by atoms with Gasteiger partial charge in [-0.05, 0) is 32.0 Å². The van der Waals surface area contributed by atoms with Gasteiger partial charge in [0.15, 0.2) is 5.96 Å². The number of anilines is 1. The summed E-state index contributed by atoms with van der Waals surface area (Å²) in [4.78, 5) is 17.8. The van der Waals surface area contributed by atoms with E-state index in [2.05, 4.69) is 41.5 Å². The lowest BCUT2D eigenvalue weighted by Crippen LogP contribution is -2.47. The predicted molar refractivity (Wildman–Crippen MR) is 137 cm³/mol. The molecule has 0 radical (unpaired) electrons. The van der Waals surface area contributed by atoms with Crippen molar-refractivity contribution in [3.05, 3.63) is 48.3 Å². The van der Waals surface area contributed by atoms with E-state index in [1.165, 1.54) is 0 Å². The number of ether oxygens (including phenoxy) is 1. The average molecular weight is 539 g/mol. The van der Waals surface area contributed by atoms with Gasteiger partial charge in [0.1, 0.15) is 5.75 Å². The quantitative estimate of drug-likeness (QED) is 0.219. The first-order valence-corrected chi connectivity index (χ1v) is 10.7. The Morgan fingerprint density at radius 3 is 2.52 bits per heavy atom. The van der Waals surface area contributed by atoms with Crippen LogP contribution in [0.3, 0.4) is 0 Å². The van der Waals surface area contributed by atoms with Gasteiger partial charge in [-0.1, -0.05) is 18.2 Å². The maximum absolute atomic E-state index is 5.69. The molecule has 9 heteroatoms. The van der Waals surface area contributed by atoms with Crippen molar-refractivity contribution in [1.29, 1.82) is 0 Å². The van der Waals surface area contributed by atoms with Crippen LogP contribution >= 0.6 is 24.0 Å². The first-order chi connectivity index (χ1) is 14.8. The Hall–Kier alpha value is -2.14. The molecule has 2 N–H and O–H groups in total. The number of aliphatic imine (C=N–C) groups is 1. The molecule has 1 fully saturated rings. The van der Waals surface area contributed by atoms with Crippen molar-refractivity contribution < 1.29 is 4.74 Å². The number of nitrogens with zero attached hydrogens (tertiary/aromatic N) is 5. The molecule has 31 heavy (non-hydrogen) atoms. The Morgan fingerprint density at radius 1 is 1.06 bits per heavy atom. The van der Waals surface area contributed by atoms with Crippen molar-refractivity contribution in [3.8, 4) is 5.75 Å². The maximum atomic E-state index is 5.69. The van der Waals surface area contributed by atoms with Gasteiger partial charge >= 0.3 is 0 Å². The zero-order valence-electron chi connectivity index (χ0n) is 18.5. The second-order valence-electron chi connectivity index (χ2n) is 7.12. The molecule has 0 atom stereocenters. The first kappa shape index (κ1) is 25.1. The van der Waals surface area contributed by atoms with Crippen molar-refractivity contribution in [2.45, 2.75) is 19.9 Å². The molecule has 1 aliphatic rings. The number of para-hydroxylation sites is 1. The fourth-order valence-electron chi connectivity index (χ4n) is 3.48. The van der Waals surface area contributed by atoms with E-state index in [0.717, 1.165) is 68.9 Å². The maximum Gasteiger partial charge on any atom is 0.225 e. The second-order valence-corrected chi connectivity index (χ2v) is 7.12. The van der Waals surface area contributed by atoms with Gasteiger partial charge < -0.3 is 20.3 Å². The minimum Gasteiger partial charge on any atom is -0.494 e. The summed E-state index contributed by atoms with van der Waals surface area (Å²) in [7, 11) is 1.80. The van der Waals surface area contributed by atoms with Crippen molar-refractivity contribution in [2.24, 2.45) is 4.99 Å². The summed E-state index contributed by atoms with van der Waals surface area (Å²) in [5.74, 6) is 2.56. The minimum atomic E-state index is 0. The lowest BCUT2D eigenvalue weighted by Gasteiger charge is -2.34. The summed E-state index contributed by atoms with van der Waals surface area (Å²) >= 11 is 0. The van der Waals surface area contributed by atoms with E-state index in [1.54, 1.807) is 19.4 Å². The number of halogens is 1. The van der Waals surface area contributed by atoms with E-state index >= 15 is 0 Å². The van der Waals surface area contributed by atoms with E-state index in [-0.39, 0.29) is 24.0 Å². The van der Waals surface area contributed by atoms with Gasteiger partial charge in [0, 0.05) is 64.3 Å². The Morgan fingerprint density at radius 2 is 1.81 bits per heavy atom. The highest BCUT2D eigenvalue weighted by molar-refractivity contribution is 14.0. The molecule has 0 unspecified atom stereocenters. The van der Waals surface area contributed by atoms with Gasteiger partial charge in [-0.25, -0.2) is 9.97 Å². The molecule has 0 saturated carbocycles. The number of hydrogen-bond donors (Lipinski definition) is 2. The fraction of sp³-hybridized carbons (Fsp3) is 0.500. The lowest BCUT2D eigenvalue weighted by molar-refractivity contribution is 0.254. The summed E-state index contributed by atoms with van der Waals surface area (Å²) in [6, 6.07) is 9.95. The van der Waals surface area contributed by atoms with Crippen molar-refractivity contribution in [3.63, 3.8) is 0 Å². The minimum absolute atomic E-state index is 0. The van der Waals surface area contributed by atoms with Crippen LogP contribution in [0.5, 0.6) is 5.75 Å². The monoisotopic (exact) mass is 539 g/mol. The molecule has 1 saturated heterocycles. The highest BCUT2D eigenvalue weighted by Crippen LogP contribution is 2.17. The number of nitrogens with one attached hydrogen (secondary N) is 2. The molecule has 170 valence electrons. The SMILES string of the molecule is CCOc1ccccc1CNC(=NC)NCCCN1CCN(c2ncccn2)CC1.I. The average Bonchev–Trinajstić information content (AvgIpc) is 2.81. The van der Waals surface area contributed by atoms with E-state index in [0.29, 0.717) is 13.2 Å². The van der Waals surface area contributed by atoms with Crippen LogP contribution in [0, 0.1) is 0 Å². The molecule has 0 bridgehead atoms. The van der Waals surface area contributed by atoms with Gasteiger partial charge in [0.25, 0.3) is 0 Å². The van der Waals surface area contributed by atoms with Crippen LogP contribution < -0.4 is 20.3 Å². The number of benzene rings is 1. The Labute approximate surface area is 202 Å². The second kappa shape index (κ2) is 14.0. The smallest absolute Gasteiger partial charge is 0.225 e. The van der Waals surface area contributed by atoms with Gasteiger partial charge in [-0.15, -0.1) is 24.0 Å². The Bertz CT molecular complexity index is 782. The van der Waals surface area contributed by atoms with Crippen LogP contribution in [0.2, 0.25) is 0 Å². The molecule has 8 nitrogen and oxygen atoms in total. The van der Waals surface area contributed by atoms with Gasteiger partial charge in [-0.2, -0.15) is 0 Å². The highest BCUT2D eigenvalue weighted by Gasteiger charge is 2.18. The molecule has 0 aliphatic carbocycles. The highest BCUT2D eigenvalue weighted by atomic mass is 127. The summed E-state index contributed by atoms with van der Waals surface area (Å²) < 4.78 is 5.69. The third-order valence-electron chi connectivity index (χ3n) is 5.09. The van der Waals surface area contributed by atoms with Gasteiger partial charge in [0.2, 0.25) is 5.95 Å². The fourth-order valence-corrected chi connectivity index (χ4v) is 3.48. The number of piperazine rings is 1. The summed E-state index contributed by atoms with van der Waals surface area (Å²) in [5.41, 5.74) is 1.13. The van der Waals surface area contributed by atoms with Gasteiger partial charge in [-0.3, -0.25) is 9.89 Å². The van der Waals surface area contributed by atoms with Gasteiger partial charge in [0.05, 0.1) is 6.61 Å². The predicted octanol–water partition coefficient (Wildman–Crippen LogP) is 2.37. The van der Waals surface area contributed by atoms with Crippen LogP contribution in [-0.2, 0) is 6.54 Å². The van der Waals surface area contributed by atoms with Crippen LogP contribution in [0.25, 0.3) is 0 Å². The van der Waals surface area contributed by atoms with Crippen molar-refractivity contribution >= 4 is 35.9 Å². The molecule has 0 amide bonds. The summed E-state index contributed by atoms with van der Waals surface area (Å²) in [6.45, 7) is 9.32. The van der Waals surface area contributed by atoms with E-state index in [4.69, 9.17) is 4.74 Å². The molecular weight excluding hydrogens is 505 g/mol. The Balaban J connectivity index is 0.00000341. The summed E-state index contributed by atoms with van der Waals surface area (Å²) in [6.07, 6.45) is 4.67. The third kappa shape index (κ3) is 8.13. The third-order valence-corrected chi connectivity index (χ3v) is 5.09. The normalized spacial score (nSPS) is 14.6. The molecule has 2 heterocycles. The topological polar surface area (TPSA) is 77.9 Å². The molecule has 1 aromatic carbocycles. The molecule has 3 rings (SSSR count). The Kier molecular flexibility index (Phi) is 11.4. The van der Waals surface area contributed by atoms with Crippen LogP contribution in [0.4, 0.5) is 5.95 Å². The standard InChI is InChI=1S/C22H33N7O.HI/c1-3-30-20-9-5-4-8-19(20)18-27-21(23-2)24-12-7-13-28-14-16-29(17-15-28)22-25-10-6-11-26-22;/h4-6,8-11H,3,7,12-18H2,1-2H3,(H2,23,24,27);1H. The van der Waals surface area contributed by atoms with Crippen LogP contribution in [0.15, 0.2) is 47.7 Å². The molecule has 0 spiro atoms. The van der Waals surface area contributed by atoms with E-state index in [1.807, 2.05) is 31.2 Å². The van der Waals surface area contributed by atoms with Crippen molar-refractivity contribution in [2.75, 3.05) is 57.8 Å². The molecule has 1 aliphatic heterocycles. The van der Waals surface area contributed by atoms with Crippen LogP contribution in [-0.4, -0.2) is 73.8 Å². The first-order valence-electron chi connectivity index (χ1n) is 10.7. The van der Waals surface area contributed by atoms with Crippen LogP contribution in [0.1, 0.15) is 18.9 Å². The lowest BCUT2D eigenvalue weighted by atomic mass is 10.2. The molecule has 1 aromatic heterocycles. The summed E-state index contributed by atoms with van der Waals surface area (Å²) in [5, 5.41) is 6.78. The molecule has 2 aromatic rings. The number of rotatable bonds is 9. The number of hydrogen-bond acceptors (Lipinski definition) is 6. The van der Waals surface area contributed by atoms with E-state index in [9.17, 15) is 0 Å².